The van der Waals surface area contributed by atoms with Gasteiger partial charge in [-0.2, -0.15) is 0 Å². The van der Waals surface area contributed by atoms with E-state index < -0.39 is 11.8 Å². The number of halogens is 2. The largest absolute Gasteiger partial charge is 0.298 e. The Balaban J connectivity index is 2.20. The van der Waals surface area contributed by atoms with E-state index >= 15 is 0 Å². The summed E-state index contributed by atoms with van der Waals surface area (Å²) in [5, 5.41) is 6.72. The molecule has 2 aromatic heterocycles. The van der Waals surface area contributed by atoms with Crippen LogP contribution in [0.2, 0.25) is 10.0 Å². The summed E-state index contributed by atoms with van der Waals surface area (Å²) >= 11 is 11.6. The summed E-state index contributed by atoms with van der Waals surface area (Å²) in [6.45, 7) is 0. The van der Waals surface area contributed by atoms with Gasteiger partial charge in [0.05, 0.1) is 15.6 Å². The molecule has 0 bridgehead atoms. The molecule has 0 spiro atoms. The summed E-state index contributed by atoms with van der Waals surface area (Å²) in [5.41, 5.74) is 0.220. The van der Waals surface area contributed by atoms with Gasteiger partial charge in [0.2, 0.25) is 0 Å². The van der Waals surface area contributed by atoms with Crippen molar-refractivity contribution in [2.75, 3.05) is 0 Å². The predicted octanol–water partition coefficient (Wildman–Crippen LogP) is 3.22. The molecule has 0 saturated carbocycles. The quantitative estimate of drug-likeness (QED) is 0.797. The number of carbonyl (C=O) groups excluding carboxylic acids is 2. The molecule has 0 N–H and O–H groups in total. The van der Waals surface area contributed by atoms with Crippen LogP contribution in [0.5, 0.6) is 0 Å². The lowest BCUT2D eigenvalue weighted by Gasteiger charge is -1.99. The lowest BCUT2D eigenvalue weighted by atomic mass is 10.2. The maximum Gasteiger partial charge on any atom is 0.298 e. The Labute approximate surface area is 123 Å². The van der Waals surface area contributed by atoms with E-state index in [1.807, 2.05) is 0 Å². The van der Waals surface area contributed by atoms with E-state index in [4.69, 9.17) is 23.2 Å². The van der Waals surface area contributed by atoms with Crippen LogP contribution < -0.4 is 0 Å². The average Bonchev–Trinajstić information content (AvgIpc) is 2.45. The van der Waals surface area contributed by atoms with Crippen molar-refractivity contribution in [2.24, 2.45) is 10.2 Å². The van der Waals surface area contributed by atoms with Crippen molar-refractivity contribution in [3.05, 3.63) is 58.1 Å². The molecule has 0 unspecified atom stereocenters. The molecule has 100 valence electrons. The molecule has 0 fully saturated rings. The van der Waals surface area contributed by atoms with Crippen molar-refractivity contribution in [2.45, 2.75) is 0 Å². The van der Waals surface area contributed by atoms with Crippen molar-refractivity contribution < 1.29 is 9.59 Å². The minimum absolute atomic E-state index is 0.0396. The van der Waals surface area contributed by atoms with Crippen LogP contribution >= 0.6 is 23.2 Å². The van der Waals surface area contributed by atoms with Gasteiger partial charge in [-0.25, -0.2) is 0 Å². The van der Waals surface area contributed by atoms with Gasteiger partial charge in [0.25, 0.3) is 11.8 Å². The molecule has 0 aliphatic rings. The zero-order chi connectivity index (χ0) is 14.5. The van der Waals surface area contributed by atoms with Gasteiger partial charge in [-0.05, 0) is 12.1 Å². The van der Waals surface area contributed by atoms with Crippen LogP contribution in [-0.2, 0) is 0 Å². The van der Waals surface area contributed by atoms with E-state index in [0.717, 1.165) is 0 Å². The fourth-order valence-electron chi connectivity index (χ4n) is 1.31. The van der Waals surface area contributed by atoms with Crippen LogP contribution in [0.4, 0.5) is 0 Å². The minimum atomic E-state index is -0.815. The number of hydrogen-bond acceptors (Lipinski definition) is 4. The van der Waals surface area contributed by atoms with E-state index in [-0.39, 0.29) is 21.2 Å². The summed E-state index contributed by atoms with van der Waals surface area (Å²) in [7, 11) is 0. The molecule has 20 heavy (non-hydrogen) atoms. The third kappa shape index (κ3) is 3.23. The number of azo groups is 1. The molecule has 0 radical (unpaired) electrons. The third-order valence-electron chi connectivity index (χ3n) is 2.23. The van der Waals surface area contributed by atoms with Crippen LogP contribution in [0.1, 0.15) is 20.7 Å². The monoisotopic (exact) mass is 308 g/mol. The Kier molecular flexibility index (Phi) is 4.49. The smallest absolute Gasteiger partial charge is 0.265 e. The van der Waals surface area contributed by atoms with Gasteiger partial charge in [-0.1, -0.05) is 23.2 Å². The Morgan fingerprint density at radius 3 is 2.05 bits per heavy atom. The number of rotatable bonds is 2. The lowest BCUT2D eigenvalue weighted by Crippen LogP contribution is -2.00. The van der Waals surface area contributed by atoms with Crippen LogP contribution in [0, 0.1) is 0 Å². The number of pyridine rings is 2. The summed E-state index contributed by atoms with van der Waals surface area (Å²) < 4.78 is 0. The van der Waals surface area contributed by atoms with E-state index in [2.05, 4.69) is 20.2 Å². The second-order valence-corrected chi connectivity index (χ2v) is 4.34. The SMILES string of the molecule is O=C(N=NC(=O)c1c(Cl)cncc1Cl)c1ccncc1. The van der Waals surface area contributed by atoms with E-state index in [1.165, 1.54) is 36.9 Å². The Morgan fingerprint density at radius 1 is 0.900 bits per heavy atom. The lowest BCUT2D eigenvalue weighted by molar-refractivity contribution is 0.0947. The molecule has 0 aromatic carbocycles. The molecule has 6 nitrogen and oxygen atoms in total. The van der Waals surface area contributed by atoms with E-state index in [1.54, 1.807) is 0 Å². The highest BCUT2D eigenvalue weighted by Crippen LogP contribution is 2.23. The predicted molar refractivity (Wildman–Crippen MR) is 72.0 cm³/mol. The molecule has 0 aliphatic heterocycles. The van der Waals surface area contributed by atoms with Gasteiger partial charge in [0.1, 0.15) is 0 Å². The molecule has 2 rings (SSSR count). The van der Waals surface area contributed by atoms with E-state index in [0.29, 0.717) is 0 Å². The zero-order valence-corrected chi connectivity index (χ0v) is 11.3. The fourth-order valence-corrected chi connectivity index (χ4v) is 1.84. The van der Waals surface area contributed by atoms with Crippen molar-refractivity contribution in [3.63, 3.8) is 0 Å². The first-order chi connectivity index (χ1) is 9.59. The van der Waals surface area contributed by atoms with Crippen molar-refractivity contribution >= 4 is 35.0 Å². The molecular formula is C12H6Cl2N4O2. The van der Waals surface area contributed by atoms with Crippen molar-refractivity contribution in [1.29, 1.82) is 0 Å². The first kappa shape index (κ1) is 14.2. The summed E-state index contributed by atoms with van der Waals surface area (Å²) in [6.07, 6.45) is 5.37. The fraction of sp³-hybridized carbons (Fsp3) is 0. The normalized spacial score (nSPS) is 10.7. The number of amides is 2. The first-order valence-electron chi connectivity index (χ1n) is 5.29. The molecule has 8 heteroatoms. The Hall–Kier alpha value is -2.18. The van der Waals surface area contributed by atoms with Gasteiger partial charge >= 0.3 is 0 Å². The molecule has 2 heterocycles. The number of carbonyl (C=O) groups is 2. The molecule has 2 aromatic rings. The number of aromatic nitrogens is 2. The van der Waals surface area contributed by atoms with Crippen molar-refractivity contribution in [3.8, 4) is 0 Å². The molecular weight excluding hydrogens is 303 g/mol. The van der Waals surface area contributed by atoms with E-state index in [9.17, 15) is 9.59 Å². The highest BCUT2D eigenvalue weighted by atomic mass is 35.5. The van der Waals surface area contributed by atoms with Crippen LogP contribution in [0.25, 0.3) is 0 Å². The van der Waals surface area contributed by atoms with Gasteiger partial charge in [0, 0.05) is 30.4 Å². The molecule has 0 aliphatic carbocycles. The summed E-state index contributed by atoms with van der Waals surface area (Å²) in [6, 6.07) is 2.91. The van der Waals surface area contributed by atoms with Gasteiger partial charge in [-0.15, -0.1) is 10.2 Å². The molecule has 0 atom stereocenters. The standard InChI is InChI=1S/C12H6Cl2N4O2/c13-8-5-16-6-9(14)10(8)12(20)18-17-11(19)7-1-3-15-4-2-7/h1-6H. The van der Waals surface area contributed by atoms with Crippen molar-refractivity contribution in [1.82, 2.24) is 9.97 Å². The second-order valence-electron chi connectivity index (χ2n) is 3.52. The Bertz CT molecular complexity index is 669. The van der Waals surface area contributed by atoms with Crippen LogP contribution in [0.3, 0.4) is 0 Å². The molecule has 2 amide bonds. The maximum absolute atomic E-state index is 11.8. The average molecular weight is 309 g/mol. The maximum atomic E-state index is 11.8. The van der Waals surface area contributed by atoms with Crippen LogP contribution in [-0.4, -0.2) is 21.8 Å². The summed E-state index contributed by atoms with van der Waals surface area (Å²) in [5.74, 6) is -1.48. The third-order valence-corrected chi connectivity index (χ3v) is 2.80. The first-order valence-corrected chi connectivity index (χ1v) is 6.04. The second kappa shape index (κ2) is 6.31. The van der Waals surface area contributed by atoms with Gasteiger partial charge < -0.3 is 0 Å². The topological polar surface area (TPSA) is 84.6 Å². The van der Waals surface area contributed by atoms with Gasteiger partial charge in [0.15, 0.2) is 0 Å². The number of nitrogens with zero attached hydrogens (tertiary/aromatic N) is 4. The number of hydrogen-bond donors (Lipinski definition) is 0. The Morgan fingerprint density at radius 2 is 1.45 bits per heavy atom. The minimum Gasteiger partial charge on any atom is -0.265 e. The highest BCUT2D eigenvalue weighted by Gasteiger charge is 2.15. The van der Waals surface area contributed by atoms with Gasteiger partial charge in [-0.3, -0.25) is 19.6 Å². The zero-order valence-electron chi connectivity index (χ0n) is 9.83. The molecule has 0 saturated heterocycles. The summed E-state index contributed by atoms with van der Waals surface area (Å²) in [4.78, 5) is 30.9. The highest BCUT2D eigenvalue weighted by molar-refractivity contribution is 6.39. The van der Waals surface area contributed by atoms with Crippen LogP contribution in [0.15, 0.2) is 47.1 Å².